The predicted molar refractivity (Wildman–Crippen MR) is 97.6 cm³/mol. The van der Waals surface area contributed by atoms with Gasteiger partial charge in [-0.05, 0) is 79.6 Å². The number of phenols is 2. The number of rotatable bonds is 6. The fourth-order valence-electron chi connectivity index (χ4n) is 3.78. The maximum absolute atomic E-state index is 9.76. The average Bonchev–Trinajstić information content (AvgIpc) is 2.58. The molecule has 0 aromatic heterocycles. The smallest absolute Gasteiger partial charge is 0.115 e. The van der Waals surface area contributed by atoms with Crippen molar-refractivity contribution in [3.63, 3.8) is 0 Å². The first-order chi connectivity index (χ1) is 11.7. The number of hydrogen-bond acceptors (Lipinski definition) is 3. The summed E-state index contributed by atoms with van der Waals surface area (Å²) in [6, 6.07) is 13.9. The lowest BCUT2D eigenvalue weighted by Gasteiger charge is -2.35. The minimum absolute atomic E-state index is 0.344. The lowest BCUT2D eigenvalue weighted by molar-refractivity contribution is 0.181. The van der Waals surface area contributed by atoms with Gasteiger partial charge in [0.05, 0.1) is 0 Å². The Labute approximate surface area is 144 Å². The molecular weight excluding hydrogens is 298 g/mol. The fourth-order valence-corrected chi connectivity index (χ4v) is 3.78. The van der Waals surface area contributed by atoms with Gasteiger partial charge in [-0.25, -0.2) is 0 Å². The monoisotopic (exact) mass is 325 g/mol. The van der Waals surface area contributed by atoms with Crippen LogP contribution in [0.1, 0.15) is 36.5 Å². The second-order valence-electron chi connectivity index (χ2n) is 6.81. The zero-order valence-corrected chi connectivity index (χ0v) is 14.4. The Morgan fingerprint density at radius 3 is 2.62 bits per heavy atom. The normalized spacial score (nSPS) is 17.0. The molecule has 2 aromatic rings. The van der Waals surface area contributed by atoms with Gasteiger partial charge in [0.2, 0.25) is 0 Å². The molecule has 1 atom stereocenters. The van der Waals surface area contributed by atoms with E-state index >= 15 is 0 Å². The highest BCUT2D eigenvalue weighted by Gasteiger charge is 2.24. The number of hydrogen-bond donors (Lipinski definition) is 2. The molecule has 0 amide bonds. The van der Waals surface area contributed by atoms with Gasteiger partial charge in [-0.2, -0.15) is 0 Å². The zero-order valence-electron chi connectivity index (χ0n) is 14.4. The SMILES string of the molecule is CCCN(CCc1cccc(O)c1)C1CCc2ccc(O)cc2C1. The van der Waals surface area contributed by atoms with Crippen LogP contribution in [-0.4, -0.2) is 34.2 Å². The van der Waals surface area contributed by atoms with E-state index in [0.717, 1.165) is 38.8 Å². The number of nitrogens with zero attached hydrogens (tertiary/aromatic N) is 1. The van der Waals surface area contributed by atoms with E-state index in [4.69, 9.17) is 0 Å². The molecule has 2 aromatic carbocycles. The number of phenolic OH excluding ortho intramolecular Hbond substituents is 2. The van der Waals surface area contributed by atoms with E-state index in [1.54, 1.807) is 12.1 Å². The van der Waals surface area contributed by atoms with Gasteiger partial charge in [0.25, 0.3) is 0 Å². The van der Waals surface area contributed by atoms with E-state index in [1.807, 2.05) is 18.2 Å². The third kappa shape index (κ3) is 4.09. The molecule has 0 bridgehead atoms. The van der Waals surface area contributed by atoms with Crippen LogP contribution in [0.15, 0.2) is 42.5 Å². The lowest BCUT2D eigenvalue weighted by atomic mass is 9.87. The van der Waals surface area contributed by atoms with Crippen molar-refractivity contribution in [2.24, 2.45) is 0 Å². The summed E-state index contributed by atoms with van der Waals surface area (Å²) in [5.74, 6) is 0.716. The van der Waals surface area contributed by atoms with E-state index in [0.29, 0.717) is 17.5 Å². The Kier molecular flexibility index (Phi) is 5.41. The van der Waals surface area contributed by atoms with Gasteiger partial charge in [-0.3, -0.25) is 4.90 Å². The van der Waals surface area contributed by atoms with E-state index in [1.165, 1.54) is 23.1 Å². The van der Waals surface area contributed by atoms with E-state index in [2.05, 4.69) is 24.0 Å². The van der Waals surface area contributed by atoms with Crippen molar-refractivity contribution < 1.29 is 10.2 Å². The lowest BCUT2D eigenvalue weighted by Crippen LogP contribution is -2.41. The molecule has 0 heterocycles. The van der Waals surface area contributed by atoms with Crippen molar-refractivity contribution in [1.82, 2.24) is 4.90 Å². The van der Waals surface area contributed by atoms with Crippen LogP contribution in [0.25, 0.3) is 0 Å². The molecule has 0 aliphatic heterocycles. The fraction of sp³-hybridized carbons (Fsp3) is 0.429. The summed E-state index contributed by atoms with van der Waals surface area (Å²) >= 11 is 0. The first-order valence-electron chi connectivity index (χ1n) is 8.98. The maximum Gasteiger partial charge on any atom is 0.115 e. The molecule has 0 saturated carbocycles. The number of aromatic hydroxyl groups is 2. The molecular formula is C21H27NO2. The first kappa shape index (κ1) is 16.8. The molecule has 1 aliphatic rings. The first-order valence-corrected chi connectivity index (χ1v) is 8.98. The van der Waals surface area contributed by atoms with Crippen LogP contribution in [0.5, 0.6) is 11.5 Å². The Balaban J connectivity index is 1.67. The highest BCUT2D eigenvalue weighted by molar-refractivity contribution is 5.37. The molecule has 3 rings (SSSR count). The van der Waals surface area contributed by atoms with E-state index in [9.17, 15) is 10.2 Å². The molecule has 1 aliphatic carbocycles. The highest BCUT2D eigenvalue weighted by Crippen LogP contribution is 2.28. The largest absolute Gasteiger partial charge is 0.508 e. The molecule has 24 heavy (non-hydrogen) atoms. The summed E-state index contributed by atoms with van der Waals surface area (Å²) < 4.78 is 0. The van der Waals surface area contributed by atoms with Crippen molar-refractivity contribution in [3.05, 3.63) is 59.2 Å². The summed E-state index contributed by atoms with van der Waals surface area (Å²) in [4.78, 5) is 2.58. The molecule has 3 heteroatoms. The summed E-state index contributed by atoms with van der Waals surface area (Å²) in [5.41, 5.74) is 3.86. The standard InChI is InChI=1S/C21H27NO2/c1-2-11-22(12-10-16-4-3-5-20(23)13-16)19-8-6-17-7-9-21(24)15-18(17)14-19/h3-5,7,9,13,15,19,23-24H,2,6,8,10-12,14H2,1H3. The molecule has 0 radical (unpaired) electrons. The third-order valence-electron chi connectivity index (χ3n) is 5.02. The maximum atomic E-state index is 9.76. The second-order valence-corrected chi connectivity index (χ2v) is 6.81. The molecule has 2 N–H and O–H groups in total. The van der Waals surface area contributed by atoms with Gasteiger partial charge in [0.15, 0.2) is 0 Å². The topological polar surface area (TPSA) is 43.7 Å². The van der Waals surface area contributed by atoms with Gasteiger partial charge in [0, 0.05) is 12.6 Å². The zero-order chi connectivity index (χ0) is 16.9. The van der Waals surface area contributed by atoms with Crippen LogP contribution < -0.4 is 0 Å². The molecule has 0 saturated heterocycles. The Bertz CT molecular complexity index is 683. The van der Waals surface area contributed by atoms with Gasteiger partial charge in [0.1, 0.15) is 11.5 Å². The summed E-state index contributed by atoms with van der Waals surface area (Å²) in [6.45, 7) is 4.33. The molecule has 0 fully saturated rings. The van der Waals surface area contributed by atoms with Crippen molar-refractivity contribution in [3.8, 4) is 11.5 Å². The van der Waals surface area contributed by atoms with Crippen molar-refractivity contribution in [2.75, 3.05) is 13.1 Å². The van der Waals surface area contributed by atoms with Crippen LogP contribution in [0.3, 0.4) is 0 Å². The summed E-state index contributed by atoms with van der Waals surface area (Å²) in [6.07, 6.45) is 5.38. The van der Waals surface area contributed by atoms with E-state index < -0.39 is 0 Å². The molecule has 0 spiro atoms. The van der Waals surface area contributed by atoms with Crippen LogP contribution in [0, 0.1) is 0 Å². The third-order valence-corrected chi connectivity index (χ3v) is 5.02. The summed E-state index contributed by atoms with van der Waals surface area (Å²) in [7, 11) is 0. The van der Waals surface area contributed by atoms with Gasteiger partial charge in [-0.1, -0.05) is 25.1 Å². The van der Waals surface area contributed by atoms with Crippen molar-refractivity contribution in [2.45, 2.75) is 45.1 Å². The van der Waals surface area contributed by atoms with Crippen LogP contribution >= 0.6 is 0 Å². The predicted octanol–water partition coefficient (Wildman–Crippen LogP) is 3.91. The average molecular weight is 325 g/mol. The van der Waals surface area contributed by atoms with Crippen molar-refractivity contribution in [1.29, 1.82) is 0 Å². The molecule has 1 unspecified atom stereocenters. The number of benzene rings is 2. The minimum atomic E-state index is 0.344. The van der Waals surface area contributed by atoms with Crippen LogP contribution in [0.2, 0.25) is 0 Å². The highest BCUT2D eigenvalue weighted by atomic mass is 16.3. The Morgan fingerprint density at radius 2 is 1.83 bits per heavy atom. The minimum Gasteiger partial charge on any atom is -0.508 e. The van der Waals surface area contributed by atoms with Crippen LogP contribution in [-0.2, 0) is 19.3 Å². The van der Waals surface area contributed by atoms with Gasteiger partial charge >= 0.3 is 0 Å². The molecule has 128 valence electrons. The Hall–Kier alpha value is -2.00. The van der Waals surface area contributed by atoms with Gasteiger partial charge < -0.3 is 10.2 Å². The Morgan fingerprint density at radius 1 is 1.00 bits per heavy atom. The quantitative estimate of drug-likeness (QED) is 0.846. The summed E-state index contributed by atoms with van der Waals surface area (Å²) in [5, 5.41) is 19.4. The van der Waals surface area contributed by atoms with E-state index in [-0.39, 0.29) is 0 Å². The number of aryl methyl sites for hydroxylation is 1. The molecule has 3 nitrogen and oxygen atoms in total. The second kappa shape index (κ2) is 7.71. The van der Waals surface area contributed by atoms with Crippen LogP contribution in [0.4, 0.5) is 0 Å². The van der Waals surface area contributed by atoms with Crippen molar-refractivity contribution >= 4 is 0 Å². The van der Waals surface area contributed by atoms with Gasteiger partial charge in [-0.15, -0.1) is 0 Å². The number of fused-ring (bicyclic) bond motifs is 1.